The molecule has 1 heterocycles. The lowest BCUT2D eigenvalue weighted by atomic mass is 9.96. The Balaban J connectivity index is 1.51. The highest BCUT2D eigenvalue weighted by Gasteiger charge is 2.38. The van der Waals surface area contributed by atoms with Gasteiger partial charge in [0.25, 0.3) is 0 Å². The van der Waals surface area contributed by atoms with Gasteiger partial charge in [0.1, 0.15) is 6.04 Å². The van der Waals surface area contributed by atoms with E-state index in [0.717, 1.165) is 57.5 Å². The van der Waals surface area contributed by atoms with E-state index in [1.807, 2.05) is 30.3 Å². The molecule has 0 unspecified atom stereocenters. The molecule has 4 N–H and O–H groups in total. The molecule has 3 rings (SSSR count). The fourth-order valence-corrected chi connectivity index (χ4v) is 4.56. The fraction of sp³-hybridized carbons (Fsp3) is 0.667. The molecular formula is C24H39N5O2. The van der Waals surface area contributed by atoms with E-state index >= 15 is 0 Å². The van der Waals surface area contributed by atoms with Crippen molar-refractivity contribution in [3.8, 4) is 0 Å². The van der Waals surface area contributed by atoms with Gasteiger partial charge in [-0.15, -0.1) is 0 Å². The van der Waals surface area contributed by atoms with Crippen LogP contribution in [0.1, 0.15) is 44.1 Å². The monoisotopic (exact) mass is 429 g/mol. The van der Waals surface area contributed by atoms with Crippen LogP contribution in [0.2, 0.25) is 0 Å². The van der Waals surface area contributed by atoms with Crippen molar-refractivity contribution in [2.24, 2.45) is 5.73 Å². The molecule has 1 saturated carbocycles. The highest BCUT2D eigenvalue weighted by Crippen LogP contribution is 2.27. The molecule has 1 saturated heterocycles. The van der Waals surface area contributed by atoms with Gasteiger partial charge in [0, 0.05) is 26.1 Å². The van der Waals surface area contributed by atoms with Crippen LogP contribution in [0.15, 0.2) is 30.3 Å². The average molecular weight is 430 g/mol. The summed E-state index contributed by atoms with van der Waals surface area (Å²) in [6.07, 6.45) is 5.86. The first kappa shape index (κ1) is 23.7. The van der Waals surface area contributed by atoms with Crippen molar-refractivity contribution in [3.05, 3.63) is 35.9 Å². The number of amides is 2. The first-order chi connectivity index (χ1) is 15.0. The van der Waals surface area contributed by atoms with E-state index in [2.05, 4.69) is 27.5 Å². The van der Waals surface area contributed by atoms with Crippen molar-refractivity contribution in [1.82, 2.24) is 20.4 Å². The van der Waals surface area contributed by atoms with Crippen LogP contribution >= 0.6 is 0 Å². The van der Waals surface area contributed by atoms with Crippen molar-refractivity contribution in [2.45, 2.75) is 56.5 Å². The second kappa shape index (κ2) is 11.6. The summed E-state index contributed by atoms with van der Waals surface area (Å²) in [7, 11) is 2.17. The molecule has 2 fully saturated rings. The fourth-order valence-electron chi connectivity index (χ4n) is 4.56. The third-order valence-corrected chi connectivity index (χ3v) is 6.61. The van der Waals surface area contributed by atoms with Crippen LogP contribution in [-0.4, -0.2) is 79.5 Å². The summed E-state index contributed by atoms with van der Waals surface area (Å²) < 4.78 is 0. The normalized spacial score (nSPS) is 20.7. The number of nitrogens with two attached hydrogens (primary N) is 1. The van der Waals surface area contributed by atoms with Crippen LogP contribution in [0.3, 0.4) is 0 Å². The Morgan fingerprint density at radius 1 is 1.06 bits per heavy atom. The zero-order valence-electron chi connectivity index (χ0n) is 18.9. The van der Waals surface area contributed by atoms with Gasteiger partial charge in [-0.2, -0.15) is 0 Å². The summed E-state index contributed by atoms with van der Waals surface area (Å²) in [5, 5.41) is 6.00. The highest BCUT2D eigenvalue weighted by molar-refractivity contribution is 5.92. The number of likely N-dealkylation sites (N-methyl/N-ethyl adjacent to an activating group) is 1. The summed E-state index contributed by atoms with van der Waals surface area (Å²) in [5.74, 6) is -0.329. The Labute approximate surface area is 186 Å². The van der Waals surface area contributed by atoms with E-state index in [4.69, 9.17) is 5.73 Å². The number of hydrogen-bond donors (Lipinski definition) is 3. The minimum Gasteiger partial charge on any atom is -0.354 e. The molecule has 0 bridgehead atoms. The smallest absolute Gasteiger partial charge is 0.242 e. The number of nitrogens with zero attached hydrogens (tertiary/aromatic N) is 2. The molecule has 31 heavy (non-hydrogen) atoms. The Hall–Kier alpha value is -1.96. The molecule has 2 amide bonds. The molecule has 172 valence electrons. The average Bonchev–Trinajstić information content (AvgIpc) is 3.11. The molecule has 0 spiro atoms. The predicted molar refractivity (Wildman–Crippen MR) is 124 cm³/mol. The van der Waals surface area contributed by atoms with Gasteiger partial charge >= 0.3 is 0 Å². The zero-order chi connectivity index (χ0) is 22.1. The molecule has 2 aliphatic rings. The summed E-state index contributed by atoms with van der Waals surface area (Å²) >= 11 is 0. The zero-order valence-corrected chi connectivity index (χ0v) is 18.9. The van der Waals surface area contributed by atoms with Gasteiger partial charge < -0.3 is 26.2 Å². The Morgan fingerprint density at radius 2 is 1.81 bits per heavy atom. The van der Waals surface area contributed by atoms with Gasteiger partial charge in [-0.3, -0.25) is 9.59 Å². The Bertz CT molecular complexity index is 705. The maximum atomic E-state index is 13.0. The van der Waals surface area contributed by atoms with Crippen molar-refractivity contribution >= 4 is 11.8 Å². The van der Waals surface area contributed by atoms with E-state index < -0.39 is 11.6 Å². The molecule has 0 aromatic heterocycles. The lowest BCUT2D eigenvalue weighted by molar-refractivity contribution is -0.131. The summed E-state index contributed by atoms with van der Waals surface area (Å²) in [6, 6.07) is 9.21. The maximum absolute atomic E-state index is 13.0. The minimum absolute atomic E-state index is 0.130. The lowest BCUT2D eigenvalue weighted by Crippen LogP contribution is -2.58. The number of carbonyl (C=O) groups excluding carboxylic acids is 2. The molecule has 1 aromatic carbocycles. The first-order valence-corrected chi connectivity index (χ1v) is 11.8. The molecule has 1 atom stereocenters. The van der Waals surface area contributed by atoms with Crippen molar-refractivity contribution in [3.63, 3.8) is 0 Å². The molecule has 1 aliphatic heterocycles. The third-order valence-electron chi connectivity index (χ3n) is 6.61. The standard InChI is InChI=1S/C24H39N5O2/c1-28-14-8-16-29(18-17-28)15-7-13-26-22(30)21(19-20-9-3-2-4-10-20)27-23(31)24(25)11-5-6-12-24/h2-4,9-10,21H,5-8,11-19,25H2,1H3,(H,26,30)(H,27,31)/t21-/m1/s1. The first-order valence-electron chi connectivity index (χ1n) is 11.8. The second-order valence-corrected chi connectivity index (χ2v) is 9.22. The Morgan fingerprint density at radius 3 is 2.55 bits per heavy atom. The van der Waals surface area contributed by atoms with Gasteiger partial charge in [0.05, 0.1) is 5.54 Å². The summed E-state index contributed by atoms with van der Waals surface area (Å²) in [4.78, 5) is 30.6. The van der Waals surface area contributed by atoms with Crippen LogP contribution < -0.4 is 16.4 Å². The minimum atomic E-state index is -0.838. The molecular weight excluding hydrogens is 390 g/mol. The number of benzene rings is 1. The lowest BCUT2D eigenvalue weighted by Gasteiger charge is -2.26. The largest absolute Gasteiger partial charge is 0.354 e. The Kier molecular flexibility index (Phi) is 8.87. The van der Waals surface area contributed by atoms with Gasteiger partial charge in [-0.1, -0.05) is 43.2 Å². The predicted octanol–water partition coefficient (Wildman–Crippen LogP) is 1.13. The highest BCUT2D eigenvalue weighted by atomic mass is 16.2. The van der Waals surface area contributed by atoms with Crippen LogP contribution in [0.5, 0.6) is 0 Å². The SMILES string of the molecule is CN1CCCN(CCCNC(=O)[C@@H](Cc2ccccc2)NC(=O)C2(N)CCCC2)CC1. The van der Waals surface area contributed by atoms with E-state index in [0.29, 0.717) is 25.8 Å². The topological polar surface area (TPSA) is 90.7 Å². The quantitative estimate of drug-likeness (QED) is 0.512. The van der Waals surface area contributed by atoms with Gasteiger partial charge in [-0.05, 0) is 57.9 Å². The number of nitrogens with one attached hydrogen (secondary N) is 2. The van der Waals surface area contributed by atoms with Crippen LogP contribution in [0.4, 0.5) is 0 Å². The molecule has 7 nitrogen and oxygen atoms in total. The third kappa shape index (κ3) is 7.30. The number of rotatable bonds is 9. The summed E-state index contributed by atoms with van der Waals surface area (Å²) in [5.41, 5.74) is 6.50. The molecule has 7 heteroatoms. The number of hydrogen-bond acceptors (Lipinski definition) is 5. The van der Waals surface area contributed by atoms with Gasteiger partial charge in [0.15, 0.2) is 0 Å². The molecule has 1 aliphatic carbocycles. The van der Waals surface area contributed by atoms with E-state index in [1.54, 1.807) is 0 Å². The van der Waals surface area contributed by atoms with Crippen molar-refractivity contribution in [1.29, 1.82) is 0 Å². The number of carbonyl (C=O) groups is 2. The van der Waals surface area contributed by atoms with Crippen molar-refractivity contribution < 1.29 is 9.59 Å². The van der Waals surface area contributed by atoms with Crippen LogP contribution in [-0.2, 0) is 16.0 Å². The summed E-state index contributed by atoms with van der Waals surface area (Å²) in [6.45, 7) is 6.03. The van der Waals surface area contributed by atoms with Gasteiger partial charge in [-0.25, -0.2) is 0 Å². The van der Waals surface area contributed by atoms with Gasteiger partial charge in [0.2, 0.25) is 11.8 Å². The maximum Gasteiger partial charge on any atom is 0.242 e. The molecule has 1 aromatic rings. The molecule has 0 radical (unpaired) electrons. The van der Waals surface area contributed by atoms with E-state index in [1.165, 1.54) is 6.42 Å². The van der Waals surface area contributed by atoms with E-state index in [-0.39, 0.29) is 11.8 Å². The second-order valence-electron chi connectivity index (χ2n) is 9.22. The van der Waals surface area contributed by atoms with Crippen LogP contribution in [0.25, 0.3) is 0 Å². The van der Waals surface area contributed by atoms with Crippen LogP contribution in [0, 0.1) is 0 Å². The van der Waals surface area contributed by atoms with E-state index in [9.17, 15) is 9.59 Å². The van der Waals surface area contributed by atoms with Crippen molar-refractivity contribution in [2.75, 3.05) is 46.3 Å².